The van der Waals surface area contributed by atoms with Gasteiger partial charge in [-0.05, 0) is 110 Å². The fourth-order valence-corrected chi connectivity index (χ4v) is 11.5. The van der Waals surface area contributed by atoms with Crippen molar-refractivity contribution in [3.63, 3.8) is 0 Å². The molecule has 0 spiro atoms. The van der Waals surface area contributed by atoms with E-state index in [1.807, 2.05) is 0 Å². The molecule has 0 fully saturated rings. The Labute approximate surface area is 347 Å². The maximum absolute atomic E-state index is 6.84. The van der Waals surface area contributed by atoms with Crippen LogP contribution in [-0.4, -0.2) is 11.4 Å². The summed E-state index contributed by atoms with van der Waals surface area (Å²) in [5.41, 5.74) is 21.3. The molecule has 1 aliphatic carbocycles. The lowest BCUT2D eigenvalue weighted by Crippen LogP contribution is -2.60. The van der Waals surface area contributed by atoms with Crippen molar-refractivity contribution in [1.82, 2.24) is 4.57 Å². The minimum absolute atomic E-state index is 0.0283. The molecule has 14 rings (SSSR count). The molecule has 2 aliphatic heterocycles. The Balaban J connectivity index is 1.17. The molecule has 60 heavy (non-hydrogen) atoms. The van der Waals surface area contributed by atoms with Gasteiger partial charge in [-0.25, -0.2) is 0 Å². The van der Waals surface area contributed by atoms with Crippen LogP contribution in [0.2, 0.25) is 0 Å². The third-order valence-electron chi connectivity index (χ3n) is 14.3. The molecule has 11 aromatic rings. The van der Waals surface area contributed by atoms with Gasteiger partial charge in [0.2, 0.25) is 0 Å². The standard InChI is InChI=1S/C55H39BN2O2/c1-54(2,3)30-18-20-31(21-19-30)58-45-27-38-32-12-6-9-15-41(32)55(4,5)42(38)26-39(45)35-22-23-37-50-44(25-24-36-33-13-7-11-17-48(33)60-53(36)50)57-46-28-40-34-14-8-10-16-47(34)59-49(40)29-43(46)56(58)51(35)52(37)57/h6-29H,1-5H3. The van der Waals surface area contributed by atoms with Crippen LogP contribution >= 0.6 is 0 Å². The molecule has 0 atom stereocenters. The van der Waals surface area contributed by atoms with Crippen LogP contribution in [0.3, 0.4) is 0 Å². The fourth-order valence-electron chi connectivity index (χ4n) is 11.5. The predicted molar refractivity (Wildman–Crippen MR) is 251 cm³/mol. The molecule has 0 amide bonds. The zero-order chi connectivity index (χ0) is 40.0. The quantitative estimate of drug-likeness (QED) is 0.156. The van der Waals surface area contributed by atoms with E-state index in [0.717, 1.165) is 54.8 Å². The van der Waals surface area contributed by atoms with Gasteiger partial charge in [0.25, 0.3) is 0 Å². The van der Waals surface area contributed by atoms with Gasteiger partial charge in [0.1, 0.15) is 22.3 Å². The molecule has 5 heterocycles. The van der Waals surface area contributed by atoms with Gasteiger partial charge in [-0.3, -0.25) is 0 Å². The number of nitrogens with zero attached hydrogens (tertiary/aromatic N) is 2. The van der Waals surface area contributed by atoms with Crippen molar-refractivity contribution in [3.8, 4) is 27.9 Å². The van der Waals surface area contributed by atoms with Crippen molar-refractivity contribution in [2.75, 3.05) is 4.81 Å². The molecule has 0 unspecified atom stereocenters. The second-order valence-corrected chi connectivity index (χ2v) is 18.9. The summed E-state index contributed by atoms with van der Waals surface area (Å²) in [6.07, 6.45) is 0. The first-order valence-corrected chi connectivity index (χ1v) is 21.2. The van der Waals surface area contributed by atoms with E-state index in [2.05, 4.69) is 190 Å². The van der Waals surface area contributed by atoms with E-state index >= 15 is 0 Å². The molecule has 4 nitrogen and oxygen atoms in total. The Kier molecular flexibility index (Phi) is 5.92. The Morgan fingerprint density at radius 2 is 1.25 bits per heavy atom. The van der Waals surface area contributed by atoms with Gasteiger partial charge < -0.3 is 18.2 Å². The van der Waals surface area contributed by atoms with Crippen LogP contribution in [-0.2, 0) is 10.8 Å². The molecule has 5 heteroatoms. The molecule has 0 saturated heterocycles. The fraction of sp³-hybridized carbons (Fsp3) is 0.127. The summed E-state index contributed by atoms with van der Waals surface area (Å²) in [5.74, 6) is 0. The van der Waals surface area contributed by atoms with Crippen molar-refractivity contribution in [2.45, 2.75) is 45.4 Å². The van der Waals surface area contributed by atoms with E-state index < -0.39 is 0 Å². The van der Waals surface area contributed by atoms with Crippen molar-refractivity contribution < 1.29 is 8.83 Å². The molecular formula is C55H39BN2O2. The van der Waals surface area contributed by atoms with Crippen molar-refractivity contribution >= 4 is 94.8 Å². The minimum Gasteiger partial charge on any atom is -0.456 e. The highest BCUT2D eigenvalue weighted by atomic mass is 16.3. The van der Waals surface area contributed by atoms with Crippen molar-refractivity contribution in [2.24, 2.45) is 0 Å². The second-order valence-electron chi connectivity index (χ2n) is 18.9. The zero-order valence-corrected chi connectivity index (χ0v) is 34.1. The SMILES string of the molecule is CC(C)(C)c1ccc(N2B3c4cc5oc6ccccc6c5cc4-n4c5ccc6c7ccccc7oc6c5c5ccc(c3c54)-c3cc4c(cc32)-c2ccccc2C4(C)C)cc1. The first-order valence-electron chi connectivity index (χ1n) is 21.2. The molecule has 0 N–H and O–H groups in total. The lowest BCUT2D eigenvalue weighted by molar-refractivity contribution is 0.590. The van der Waals surface area contributed by atoms with Crippen LogP contribution in [0, 0.1) is 0 Å². The van der Waals surface area contributed by atoms with Crippen LogP contribution in [0.25, 0.3) is 93.6 Å². The average Bonchev–Trinajstić information content (AvgIpc) is 3.98. The maximum Gasteiger partial charge on any atom is 0.333 e. The van der Waals surface area contributed by atoms with Gasteiger partial charge in [0, 0.05) is 55.0 Å². The Bertz CT molecular complexity index is 3740. The maximum atomic E-state index is 6.84. The highest BCUT2D eigenvalue weighted by Gasteiger charge is 2.46. The smallest absolute Gasteiger partial charge is 0.333 e. The number of para-hydroxylation sites is 2. The second kappa shape index (κ2) is 10.8. The van der Waals surface area contributed by atoms with Crippen LogP contribution in [0.4, 0.5) is 11.4 Å². The molecule has 0 radical (unpaired) electrons. The number of aromatic nitrogens is 1. The monoisotopic (exact) mass is 770 g/mol. The van der Waals surface area contributed by atoms with Gasteiger partial charge in [0.05, 0.1) is 16.4 Å². The number of fused-ring (bicyclic) bond motifs is 18. The largest absolute Gasteiger partial charge is 0.456 e. The van der Waals surface area contributed by atoms with Crippen LogP contribution in [0.1, 0.15) is 51.3 Å². The minimum atomic E-state index is -0.144. The lowest BCUT2D eigenvalue weighted by Gasteiger charge is -2.42. The van der Waals surface area contributed by atoms with E-state index in [0.29, 0.717) is 0 Å². The third kappa shape index (κ3) is 3.94. The number of hydrogen-bond donors (Lipinski definition) is 0. The molecule has 284 valence electrons. The number of rotatable bonds is 1. The number of hydrogen-bond acceptors (Lipinski definition) is 3. The summed E-state index contributed by atoms with van der Waals surface area (Å²) in [6, 6.07) is 54.4. The van der Waals surface area contributed by atoms with Crippen LogP contribution in [0.15, 0.2) is 154 Å². The molecule has 3 aromatic heterocycles. The lowest BCUT2D eigenvalue weighted by atomic mass is 9.44. The first kappa shape index (κ1) is 32.9. The Morgan fingerprint density at radius 1 is 0.533 bits per heavy atom. The van der Waals surface area contributed by atoms with Crippen molar-refractivity contribution in [1.29, 1.82) is 0 Å². The molecule has 0 saturated carbocycles. The summed E-state index contributed by atoms with van der Waals surface area (Å²) in [6.45, 7) is 11.5. The Morgan fingerprint density at radius 3 is 2.05 bits per heavy atom. The van der Waals surface area contributed by atoms with Gasteiger partial charge in [-0.1, -0.05) is 120 Å². The number of furan rings is 2. The van der Waals surface area contributed by atoms with E-state index in [1.165, 1.54) is 77.8 Å². The molecule has 8 aromatic carbocycles. The average molecular weight is 771 g/mol. The summed E-state index contributed by atoms with van der Waals surface area (Å²) in [4.78, 5) is 2.64. The number of benzene rings is 8. The van der Waals surface area contributed by atoms with E-state index in [4.69, 9.17) is 8.83 Å². The number of anilines is 2. The summed E-state index contributed by atoms with van der Waals surface area (Å²) in [7, 11) is 0. The van der Waals surface area contributed by atoms with E-state index in [-0.39, 0.29) is 17.7 Å². The summed E-state index contributed by atoms with van der Waals surface area (Å²) < 4.78 is 16.1. The van der Waals surface area contributed by atoms with E-state index in [1.54, 1.807) is 0 Å². The topological polar surface area (TPSA) is 34.5 Å². The normalized spacial score (nSPS) is 14.8. The predicted octanol–water partition coefficient (Wildman–Crippen LogP) is 13.4. The van der Waals surface area contributed by atoms with Gasteiger partial charge in [-0.15, -0.1) is 0 Å². The van der Waals surface area contributed by atoms with Gasteiger partial charge >= 0.3 is 6.85 Å². The van der Waals surface area contributed by atoms with Gasteiger partial charge in [-0.2, -0.15) is 0 Å². The highest BCUT2D eigenvalue weighted by Crippen LogP contribution is 2.55. The van der Waals surface area contributed by atoms with Gasteiger partial charge in [0.15, 0.2) is 0 Å². The molecule has 0 bridgehead atoms. The molecule has 3 aliphatic rings. The summed E-state index contributed by atoms with van der Waals surface area (Å²) in [5, 5.41) is 6.90. The van der Waals surface area contributed by atoms with Crippen molar-refractivity contribution in [3.05, 3.63) is 162 Å². The van der Waals surface area contributed by atoms with E-state index in [9.17, 15) is 0 Å². The summed E-state index contributed by atoms with van der Waals surface area (Å²) >= 11 is 0. The molecular weight excluding hydrogens is 731 g/mol. The van der Waals surface area contributed by atoms with Crippen LogP contribution < -0.4 is 15.7 Å². The third-order valence-corrected chi connectivity index (χ3v) is 14.3. The Hall–Kier alpha value is -6.98. The van der Waals surface area contributed by atoms with Crippen LogP contribution in [0.5, 0.6) is 0 Å². The highest BCUT2D eigenvalue weighted by molar-refractivity contribution is 6.94. The zero-order valence-electron chi connectivity index (χ0n) is 34.1. The first-order chi connectivity index (χ1) is 29.1.